The Morgan fingerprint density at radius 1 is 1.43 bits per heavy atom. The standard InChI is InChI=1S/C11H22N2O/c1-8(2)13-7-9(3)5-6-10(12-4)11(13)14/h8-10,12H,5-7H2,1-4H3. The van der Waals surface area contributed by atoms with Crippen molar-refractivity contribution in [2.75, 3.05) is 13.6 Å². The number of hydrogen-bond donors (Lipinski definition) is 1. The molecule has 1 saturated heterocycles. The van der Waals surface area contributed by atoms with Crippen molar-refractivity contribution < 1.29 is 4.79 Å². The first-order chi connectivity index (χ1) is 6.56. The van der Waals surface area contributed by atoms with Crippen LogP contribution in [0.5, 0.6) is 0 Å². The first-order valence-electron chi connectivity index (χ1n) is 5.54. The van der Waals surface area contributed by atoms with Crippen molar-refractivity contribution in [1.29, 1.82) is 0 Å². The Labute approximate surface area is 86.9 Å². The second-order valence-electron chi connectivity index (χ2n) is 4.61. The van der Waals surface area contributed by atoms with Crippen LogP contribution in [-0.2, 0) is 4.79 Å². The number of nitrogens with zero attached hydrogens (tertiary/aromatic N) is 1. The quantitative estimate of drug-likeness (QED) is 0.724. The summed E-state index contributed by atoms with van der Waals surface area (Å²) in [6.07, 6.45) is 2.11. The van der Waals surface area contributed by atoms with E-state index in [1.54, 1.807) is 0 Å². The van der Waals surface area contributed by atoms with Gasteiger partial charge in [-0.25, -0.2) is 0 Å². The highest BCUT2D eigenvalue weighted by Gasteiger charge is 2.29. The molecule has 1 N–H and O–H groups in total. The highest BCUT2D eigenvalue weighted by atomic mass is 16.2. The minimum absolute atomic E-state index is 0.0300. The second-order valence-corrected chi connectivity index (χ2v) is 4.61. The third-order valence-electron chi connectivity index (χ3n) is 3.01. The van der Waals surface area contributed by atoms with E-state index in [9.17, 15) is 4.79 Å². The lowest BCUT2D eigenvalue weighted by molar-refractivity contribution is -0.134. The fourth-order valence-electron chi connectivity index (χ4n) is 2.02. The van der Waals surface area contributed by atoms with Gasteiger partial charge in [0, 0.05) is 12.6 Å². The van der Waals surface area contributed by atoms with Crippen LogP contribution in [0.4, 0.5) is 0 Å². The highest BCUT2D eigenvalue weighted by molar-refractivity contribution is 5.82. The molecule has 1 rings (SSSR count). The monoisotopic (exact) mass is 198 g/mol. The molecule has 0 aromatic heterocycles. The molecule has 2 unspecified atom stereocenters. The third-order valence-corrected chi connectivity index (χ3v) is 3.01. The zero-order chi connectivity index (χ0) is 10.7. The number of carbonyl (C=O) groups excluding carboxylic acids is 1. The van der Waals surface area contributed by atoms with E-state index in [2.05, 4.69) is 26.1 Å². The van der Waals surface area contributed by atoms with Gasteiger partial charge in [0.15, 0.2) is 0 Å². The Morgan fingerprint density at radius 3 is 2.57 bits per heavy atom. The molecule has 2 atom stereocenters. The van der Waals surface area contributed by atoms with E-state index in [1.807, 2.05) is 11.9 Å². The van der Waals surface area contributed by atoms with Gasteiger partial charge in [0.1, 0.15) is 0 Å². The summed E-state index contributed by atoms with van der Waals surface area (Å²) in [4.78, 5) is 14.0. The molecular weight excluding hydrogens is 176 g/mol. The summed E-state index contributed by atoms with van der Waals surface area (Å²) in [5.41, 5.74) is 0. The molecule has 1 heterocycles. The lowest BCUT2D eigenvalue weighted by atomic mass is 10.0. The lowest BCUT2D eigenvalue weighted by Gasteiger charge is -2.29. The Bertz CT molecular complexity index is 203. The Morgan fingerprint density at radius 2 is 2.07 bits per heavy atom. The van der Waals surface area contributed by atoms with Gasteiger partial charge < -0.3 is 10.2 Å². The zero-order valence-corrected chi connectivity index (χ0v) is 9.71. The highest BCUT2D eigenvalue weighted by Crippen LogP contribution is 2.18. The SMILES string of the molecule is CNC1CCC(C)CN(C(C)C)C1=O. The lowest BCUT2D eigenvalue weighted by Crippen LogP contribution is -2.47. The molecule has 0 radical (unpaired) electrons. The Kier molecular flexibility index (Phi) is 3.93. The van der Waals surface area contributed by atoms with Crippen LogP contribution in [0.3, 0.4) is 0 Å². The van der Waals surface area contributed by atoms with Crippen LogP contribution in [0, 0.1) is 5.92 Å². The van der Waals surface area contributed by atoms with Gasteiger partial charge in [0.05, 0.1) is 6.04 Å². The molecule has 0 aromatic carbocycles. The fraction of sp³-hybridized carbons (Fsp3) is 0.909. The van der Waals surface area contributed by atoms with Crippen LogP contribution in [0.1, 0.15) is 33.6 Å². The van der Waals surface area contributed by atoms with Crippen molar-refractivity contribution in [3.8, 4) is 0 Å². The molecule has 0 aromatic rings. The van der Waals surface area contributed by atoms with Crippen molar-refractivity contribution >= 4 is 5.91 Å². The summed E-state index contributed by atoms with van der Waals surface area (Å²) < 4.78 is 0. The molecule has 0 saturated carbocycles. The molecule has 0 spiro atoms. The molecule has 14 heavy (non-hydrogen) atoms. The van der Waals surface area contributed by atoms with E-state index in [1.165, 1.54) is 0 Å². The molecule has 0 bridgehead atoms. The van der Waals surface area contributed by atoms with Gasteiger partial charge in [-0.15, -0.1) is 0 Å². The fourth-order valence-corrected chi connectivity index (χ4v) is 2.02. The van der Waals surface area contributed by atoms with Crippen LogP contribution < -0.4 is 5.32 Å². The molecule has 1 amide bonds. The molecule has 1 aliphatic rings. The largest absolute Gasteiger partial charge is 0.339 e. The molecule has 82 valence electrons. The van der Waals surface area contributed by atoms with Gasteiger partial charge in [-0.05, 0) is 39.7 Å². The van der Waals surface area contributed by atoms with E-state index in [0.717, 1.165) is 19.4 Å². The maximum atomic E-state index is 12.0. The summed E-state index contributed by atoms with van der Waals surface area (Å²) in [6, 6.07) is 0.348. The predicted octanol–water partition coefficient (Wildman–Crippen LogP) is 1.24. The van der Waals surface area contributed by atoms with Gasteiger partial charge in [-0.2, -0.15) is 0 Å². The van der Waals surface area contributed by atoms with E-state index < -0.39 is 0 Å². The maximum absolute atomic E-state index is 12.0. The van der Waals surface area contributed by atoms with E-state index in [-0.39, 0.29) is 11.9 Å². The molecule has 3 nitrogen and oxygen atoms in total. The first-order valence-corrected chi connectivity index (χ1v) is 5.54. The van der Waals surface area contributed by atoms with Gasteiger partial charge in [-0.3, -0.25) is 4.79 Å². The minimum atomic E-state index is 0.0300. The van der Waals surface area contributed by atoms with Gasteiger partial charge >= 0.3 is 0 Å². The summed E-state index contributed by atoms with van der Waals surface area (Å²) in [7, 11) is 1.87. The first kappa shape index (κ1) is 11.5. The topological polar surface area (TPSA) is 32.3 Å². The molecule has 0 aliphatic carbocycles. The van der Waals surface area contributed by atoms with E-state index >= 15 is 0 Å². The van der Waals surface area contributed by atoms with Crippen molar-refractivity contribution in [3.05, 3.63) is 0 Å². The number of likely N-dealkylation sites (N-methyl/N-ethyl adjacent to an activating group) is 1. The van der Waals surface area contributed by atoms with Gasteiger partial charge in [-0.1, -0.05) is 6.92 Å². The number of rotatable bonds is 2. The van der Waals surface area contributed by atoms with Crippen molar-refractivity contribution in [3.63, 3.8) is 0 Å². The van der Waals surface area contributed by atoms with Gasteiger partial charge in [0.2, 0.25) is 5.91 Å². The smallest absolute Gasteiger partial charge is 0.239 e. The van der Waals surface area contributed by atoms with Crippen LogP contribution in [0.25, 0.3) is 0 Å². The average Bonchev–Trinajstić information content (AvgIpc) is 2.26. The minimum Gasteiger partial charge on any atom is -0.339 e. The van der Waals surface area contributed by atoms with E-state index in [0.29, 0.717) is 12.0 Å². The second kappa shape index (κ2) is 4.78. The zero-order valence-electron chi connectivity index (χ0n) is 9.71. The summed E-state index contributed by atoms with van der Waals surface area (Å²) >= 11 is 0. The number of nitrogens with one attached hydrogen (secondary N) is 1. The summed E-state index contributed by atoms with van der Waals surface area (Å²) in [6.45, 7) is 7.31. The molecule has 1 fully saturated rings. The van der Waals surface area contributed by atoms with Crippen LogP contribution in [0.2, 0.25) is 0 Å². The summed E-state index contributed by atoms with van der Waals surface area (Å²) in [5, 5.41) is 3.11. The van der Waals surface area contributed by atoms with Crippen LogP contribution >= 0.6 is 0 Å². The Hall–Kier alpha value is -0.570. The molecular formula is C11H22N2O. The van der Waals surface area contributed by atoms with Gasteiger partial charge in [0.25, 0.3) is 0 Å². The van der Waals surface area contributed by atoms with E-state index in [4.69, 9.17) is 0 Å². The van der Waals surface area contributed by atoms with Crippen molar-refractivity contribution in [2.45, 2.75) is 45.7 Å². The maximum Gasteiger partial charge on any atom is 0.239 e. The van der Waals surface area contributed by atoms with Crippen LogP contribution in [0.15, 0.2) is 0 Å². The number of carbonyl (C=O) groups is 1. The molecule has 1 aliphatic heterocycles. The number of hydrogen-bond acceptors (Lipinski definition) is 2. The predicted molar refractivity (Wildman–Crippen MR) is 58.1 cm³/mol. The van der Waals surface area contributed by atoms with Crippen molar-refractivity contribution in [2.24, 2.45) is 5.92 Å². The number of likely N-dealkylation sites (tertiary alicyclic amines) is 1. The number of amides is 1. The molecule has 3 heteroatoms. The average molecular weight is 198 g/mol. The Balaban J connectivity index is 2.75. The normalized spacial score (nSPS) is 29.5. The third kappa shape index (κ3) is 2.47. The van der Waals surface area contributed by atoms with Crippen LogP contribution in [-0.4, -0.2) is 36.5 Å². The summed E-state index contributed by atoms with van der Waals surface area (Å²) in [5.74, 6) is 0.895. The van der Waals surface area contributed by atoms with Crippen molar-refractivity contribution in [1.82, 2.24) is 10.2 Å².